The van der Waals surface area contributed by atoms with Gasteiger partial charge in [-0.15, -0.1) is 0 Å². The lowest BCUT2D eigenvalue weighted by atomic mass is 10.2. The van der Waals surface area contributed by atoms with E-state index in [1.54, 1.807) is 12.3 Å². The number of likely N-dealkylation sites (tertiary alicyclic amines) is 1. The summed E-state index contributed by atoms with van der Waals surface area (Å²) in [6, 6.07) is 13.6. The Morgan fingerprint density at radius 1 is 1.27 bits per heavy atom. The second-order valence-electron chi connectivity index (χ2n) is 5.48. The lowest BCUT2D eigenvalue weighted by Gasteiger charge is -2.17. The van der Waals surface area contributed by atoms with Crippen molar-refractivity contribution in [3.8, 4) is 0 Å². The molecule has 22 heavy (non-hydrogen) atoms. The minimum absolute atomic E-state index is 0.0315. The van der Waals surface area contributed by atoms with Crippen LogP contribution in [0.3, 0.4) is 0 Å². The van der Waals surface area contributed by atoms with Crippen LogP contribution in [0.2, 0.25) is 0 Å². The van der Waals surface area contributed by atoms with Gasteiger partial charge in [-0.2, -0.15) is 0 Å². The summed E-state index contributed by atoms with van der Waals surface area (Å²) < 4.78 is 0. The molecule has 1 saturated heterocycles. The number of benzene rings is 1. The first-order valence-corrected chi connectivity index (χ1v) is 7.34. The van der Waals surface area contributed by atoms with Gasteiger partial charge in [0.15, 0.2) is 0 Å². The van der Waals surface area contributed by atoms with Gasteiger partial charge in [0.2, 0.25) is 5.82 Å². The van der Waals surface area contributed by atoms with E-state index in [1.165, 1.54) is 11.6 Å². The highest BCUT2D eigenvalue weighted by Crippen LogP contribution is 2.23. The number of nitro groups is 1. The van der Waals surface area contributed by atoms with Gasteiger partial charge in [0, 0.05) is 37.9 Å². The molecule has 1 aliphatic heterocycles. The van der Waals surface area contributed by atoms with Crippen molar-refractivity contribution < 1.29 is 4.92 Å². The Labute approximate surface area is 128 Å². The number of rotatable bonds is 5. The largest absolute Gasteiger partial charge is 0.360 e. The van der Waals surface area contributed by atoms with Gasteiger partial charge in [0.1, 0.15) is 0 Å². The van der Waals surface area contributed by atoms with Crippen molar-refractivity contribution in [2.24, 2.45) is 0 Å². The molecule has 0 unspecified atom stereocenters. The molecule has 1 aromatic carbocycles. The molecule has 6 nitrogen and oxygen atoms in total. The van der Waals surface area contributed by atoms with E-state index >= 15 is 0 Å². The quantitative estimate of drug-likeness (QED) is 0.679. The second kappa shape index (κ2) is 6.53. The van der Waals surface area contributed by atoms with E-state index in [0.29, 0.717) is 5.82 Å². The first kappa shape index (κ1) is 14.5. The molecule has 6 heteroatoms. The highest BCUT2D eigenvalue weighted by atomic mass is 16.6. The number of pyridine rings is 1. The first-order valence-electron chi connectivity index (χ1n) is 7.34. The van der Waals surface area contributed by atoms with Crippen molar-refractivity contribution in [2.75, 3.05) is 18.4 Å². The second-order valence-corrected chi connectivity index (χ2v) is 5.48. The van der Waals surface area contributed by atoms with Crippen LogP contribution in [-0.4, -0.2) is 33.9 Å². The van der Waals surface area contributed by atoms with Crippen molar-refractivity contribution in [2.45, 2.75) is 19.0 Å². The highest BCUT2D eigenvalue weighted by Gasteiger charge is 2.25. The summed E-state index contributed by atoms with van der Waals surface area (Å²) in [5.41, 5.74) is 1.32. The number of aromatic nitrogens is 1. The predicted molar refractivity (Wildman–Crippen MR) is 84.6 cm³/mol. The van der Waals surface area contributed by atoms with Gasteiger partial charge in [0.25, 0.3) is 0 Å². The van der Waals surface area contributed by atoms with Crippen LogP contribution >= 0.6 is 0 Å². The molecule has 0 saturated carbocycles. The van der Waals surface area contributed by atoms with Gasteiger partial charge in [0.05, 0.1) is 4.92 Å². The number of nitrogens with one attached hydrogen (secondary N) is 1. The fraction of sp³-hybridized carbons (Fsp3) is 0.312. The molecule has 1 aromatic heterocycles. The van der Waals surface area contributed by atoms with Gasteiger partial charge in [-0.3, -0.25) is 15.0 Å². The summed E-state index contributed by atoms with van der Waals surface area (Å²) in [5.74, 6) is 0.360. The standard InChI is InChI=1S/C16H18N4O2/c21-20(22)15-7-4-9-17-16(15)18-14-8-10-19(12-14)11-13-5-2-1-3-6-13/h1-7,9,14H,8,10-12H2,(H,17,18)/t14-/m0/s1. The molecule has 3 rings (SSSR count). The van der Waals surface area contributed by atoms with Crippen LogP contribution in [0.1, 0.15) is 12.0 Å². The molecule has 0 bridgehead atoms. The van der Waals surface area contributed by atoms with Crippen molar-refractivity contribution in [3.05, 3.63) is 64.3 Å². The summed E-state index contributed by atoms with van der Waals surface area (Å²) in [5, 5.41) is 14.2. The van der Waals surface area contributed by atoms with Crippen molar-refractivity contribution in [1.29, 1.82) is 0 Å². The third-order valence-corrected chi connectivity index (χ3v) is 3.85. The van der Waals surface area contributed by atoms with Gasteiger partial charge in [-0.25, -0.2) is 4.98 Å². The average molecular weight is 298 g/mol. The van der Waals surface area contributed by atoms with E-state index in [9.17, 15) is 10.1 Å². The maximum absolute atomic E-state index is 11.0. The fourth-order valence-electron chi connectivity index (χ4n) is 2.78. The van der Waals surface area contributed by atoms with E-state index in [1.807, 2.05) is 18.2 Å². The Kier molecular flexibility index (Phi) is 4.29. The van der Waals surface area contributed by atoms with Crippen LogP contribution in [0.4, 0.5) is 11.5 Å². The Morgan fingerprint density at radius 2 is 2.09 bits per heavy atom. The van der Waals surface area contributed by atoms with E-state index in [-0.39, 0.29) is 11.7 Å². The summed E-state index contributed by atoms with van der Waals surface area (Å²) in [6.45, 7) is 2.75. The summed E-state index contributed by atoms with van der Waals surface area (Å²) in [7, 11) is 0. The Balaban J connectivity index is 1.61. The minimum Gasteiger partial charge on any atom is -0.360 e. The summed E-state index contributed by atoms with van der Waals surface area (Å²) >= 11 is 0. The van der Waals surface area contributed by atoms with Crippen LogP contribution < -0.4 is 5.32 Å². The van der Waals surface area contributed by atoms with Crippen molar-refractivity contribution in [1.82, 2.24) is 9.88 Å². The molecule has 0 spiro atoms. The molecule has 1 aliphatic rings. The Morgan fingerprint density at radius 3 is 2.86 bits per heavy atom. The van der Waals surface area contributed by atoms with Gasteiger partial charge in [-0.1, -0.05) is 30.3 Å². The van der Waals surface area contributed by atoms with E-state index in [4.69, 9.17) is 0 Å². The zero-order chi connectivity index (χ0) is 15.4. The monoisotopic (exact) mass is 298 g/mol. The maximum Gasteiger partial charge on any atom is 0.311 e. The number of anilines is 1. The molecule has 0 aliphatic carbocycles. The minimum atomic E-state index is -0.397. The summed E-state index contributed by atoms with van der Waals surface area (Å²) in [4.78, 5) is 17.1. The Bertz CT molecular complexity index is 648. The average Bonchev–Trinajstić information content (AvgIpc) is 2.96. The first-order chi connectivity index (χ1) is 10.7. The highest BCUT2D eigenvalue weighted by molar-refractivity contribution is 5.55. The zero-order valence-corrected chi connectivity index (χ0v) is 12.2. The van der Waals surface area contributed by atoms with Gasteiger partial charge >= 0.3 is 5.69 Å². The maximum atomic E-state index is 11.0. The van der Waals surface area contributed by atoms with Crippen LogP contribution in [-0.2, 0) is 6.54 Å². The van der Waals surface area contributed by atoms with Crippen molar-refractivity contribution >= 4 is 11.5 Å². The fourth-order valence-corrected chi connectivity index (χ4v) is 2.78. The molecular formula is C16H18N4O2. The van der Waals surface area contributed by atoms with Crippen LogP contribution in [0, 0.1) is 10.1 Å². The topological polar surface area (TPSA) is 71.3 Å². The molecule has 114 valence electrons. The van der Waals surface area contributed by atoms with Gasteiger partial charge in [-0.05, 0) is 18.1 Å². The third kappa shape index (κ3) is 3.40. The molecule has 2 heterocycles. The van der Waals surface area contributed by atoms with Gasteiger partial charge < -0.3 is 5.32 Å². The van der Waals surface area contributed by atoms with E-state index < -0.39 is 4.92 Å². The lowest BCUT2D eigenvalue weighted by Crippen LogP contribution is -2.26. The molecule has 1 N–H and O–H groups in total. The summed E-state index contributed by atoms with van der Waals surface area (Å²) in [6.07, 6.45) is 2.53. The zero-order valence-electron chi connectivity index (χ0n) is 12.2. The molecule has 0 amide bonds. The molecule has 2 aromatic rings. The predicted octanol–water partition coefficient (Wildman–Crippen LogP) is 2.68. The number of nitrogens with zero attached hydrogens (tertiary/aromatic N) is 3. The molecule has 1 fully saturated rings. The smallest absolute Gasteiger partial charge is 0.311 e. The van der Waals surface area contributed by atoms with E-state index in [0.717, 1.165) is 26.1 Å². The SMILES string of the molecule is O=[N+]([O-])c1cccnc1N[C@H]1CCN(Cc2ccccc2)C1. The number of hydrogen-bond acceptors (Lipinski definition) is 5. The third-order valence-electron chi connectivity index (χ3n) is 3.85. The normalized spacial score (nSPS) is 18.3. The van der Waals surface area contributed by atoms with E-state index in [2.05, 4.69) is 27.3 Å². The lowest BCUT2D eigenvalue weighted by molar-refractivity contribution is -0.384. The number of hydrogen-bond donors (Lipinski definition) is 1. The Hall–Kier alpha value is -2.47. The van der Waals surface area contributed by atoms with Crippen LogP contribution in [0.5, 0.6) is 0 Å². The van der Waals surface area contributed by atoms with Crippen molar-refractivity contribution in [3.63, 3.8) is 0 Å². The van der Waals surface area contributed by atoms with Crippen LogP contribution in [0.15, 0.2) is 48.7 Å². The van der Waals surface area contributed by atoms with Crippen LogP contribution in [0.25, 0.3) is 0 Å². The molecule has 1 atom stereocenters. The molecular weight excluding hydrogens is 280 g/mol. The molecule has 0 radical (unpaired) electrons.